The molecule has 0 radical (unpaired) electrons. The molecule has 5 nitrogen and oxygen atoms in total. The topological polar surface area (TPSA) is 75.0 Å². The number of rotatable bonds is 4. The van der Waals surface area contributed by atoms with Gasteiger partial charge in [-0.1, -0.05) is 6.92 Å². The van der Waals surface area contributed by atoms with Crippen molar-refractivity contribution in [1.82, 2.24) is 15.1 Å². The number of carbonyl (C=O) groups excluding carboxylic acids is 1. The van der Waals surface area contributed by atoms with Crippen LogP contribution in [0.5, 0.6) is 0 Å². The Morgan fingerprint density at radius 2 is 2.33 bits per heavy atom. The molecule has 0 atom stereocenters. The summed E-state index contributed by atoms with van der Waals surface area (Å²) < 4.78 is 0. The number of carbonyl (C=O) groups is 1. The number of nitrogens with one attached hydrogen (secondary N) is 1. The zero-order valence-corrected chi connectivity index (χ0v) is 9.45. The van der Waals surface area contributed by atoms with Gasteiger partial charge in [-0.15, -0.1) is 0 Å². The van der Waals surface area contributed by atoms with E-state index in [4.69, 9.17) is 5.73 Å². The first-order valence-electron chi connectivity index (χ1n) is 5.17. The summed E-state index contributed by atoms with van der Waals surface area (Å²) >= 11 is 0. The van der Waals surface area contributed by atoms with E-state index in [1.165, 1.54) is 6.20 Å². The minimum Gasteiger partial charge on any atom is -0.396 e. The van der Waals surface area contributed by atoms with Gasteiger partial charge in [0.25, 0.3) is 5.91 Å². The molecular weight excluding hydrogens is 192 g/mol. The van der Waals surface area contributed by atoms with Crippen LogP contribution in [0, 0.1) is 0 Å². The monoisotopic (exact) mass is 210 g/mol. The molecule has 1 amide bonds. The lowest BCUT2D eigenvalue weighted by Crippen LogP contribution is -2.38. The first kappa shape index (κ1) is 11.6. The number of nitrogen functional groups attached to an aromatic ring is 1. The first-order chi connectivity index (χ1) is 7.07. The summed E-state index contributed by atoms with van der Waals surface area (Å²) in [7, 11) is 0. The molecule has 1 aromatic heterocycles. The van der Waals surface area contributed by atoms with E-state index >= 15 is 0 Å². The molecule has 0 fully saturated rings. The second-order valence-electron chi connectivity index (χ2n) is 3.79. The number of amides is 1. The van der Waals surface area contributed by atoms with Crippen LogP contribution >= 0.6 is 0 Å². The predicted molar refractivity (Wildman–Crippen MR) is 59.5 cm³/mol. The van der Waals surface area contributed by atoms with E-state index in [2.05, 4.69) is 10.2 Å². The SMILES string of the molecule is CCCN(C(=O)c1[nH]ncc1N)C(C)C. The fraction of sp³-hybridized carbons (Fsp3) is 0.600. The Morgan fingerprint density at radius 3 is 2.73 bits per heavy atom. The molecule has 84 valence electrons. The maximum Gasteiger partial charge on any atom is 0.274 e. The maximum atomic E-state index is 12.0. The lowest BCUT2D eigenvalue weighted by molar-refractivity contribution is 0.0701. The largest absolute Gasteiger partial charge is 0.396 e. The number of anilines is 1. The number of H-pyrrole nitrogens is 1. The molecule has 0 spiro atoms. The molecule has 1 aromatic rings. The van der Waals surface area contributed by atoms with Crippen molar-refractivity contribution in [2.45, 2.75) is 33.2 Å². The maximum absolute atomic E-state index is 12.0. The average Bonchev–Trinajstić information content (AvgIpc) is 2.59. The summed E-state index contributed by atoms with van der Waals surface area (Å²) in [5.74, 6) is -0.0816. The van der Waals surface area contributed by atoms with E-state index in [0.29, 0.717) is 11.4 Å². The van der Waals surface area contributed by atoms with Crippen molar-refractivity contribution in [3.05, 3.63) is 11.9 Å². The fourth-order valence-corrected chi connectivity index (χ4v) is 1.45. The van der Waals surface area contributed by atoms with Gasteiger partial charge in [0.1, 0.15) is 5.69 Å². The third kappa shape index (κ3) is 2.49. The van der Waals surface area contributed by atoms with Crippen molar-refractivity contribution in [2.75, 3.05) is 12.3 Å². The molecule has 0 aliphatic rings. The lowest BCUT2D eigenvalue weighted by atomic mass is 10.2. The molecular formula is C10H18N4O. The van der Waals surface area contributed by atoms with E-state index in [1.807, 2.05) is 20.8 Å². The van der Waals surface area contributed by atoms with Crippen LogP contribution in [0.15, 0.2) is 6.20 Å². The number of aromatic nitrogens is 2. The van der Waals surface area contributed by atoms with Crippen LogP contribution in [0.3, 0.4) is 0 Å². The summed E-state index contributed by atoms with van der Waals surface area (Å²) in [6, 6.07) is 0.167. The van der Waals surface area contributed by atoms with Crippen molar-refractivity contribution < 1.29 is 4.79 Å². The van der Waals surface area contributed by atoms with Crippen molar-refractivity contribution in [2.24, 2.45) is 0 Å². The van der Waals surface area contributed by atoms with E-state index in [1.54, 1.807) is 4.90 Å². The Balaban J connectivity index is 2.86. The first-order valence-corrected chi connectivity index (χ1v) is 5.17. The molecule has 0 aromatic carbocycles. The zero-order chi connectivity index (χ0) is 11.4. The quantitative estimate of drug-likeness (QED) is 0.785. The third-order valence-electron chi connectivity index (χ3n) is 2.23. The summed E-state index contributed by atoms with van der Waals surface area (Å²) in [4.78, 5) is 13.8. The van der Waals surface area contributed by atoms with Crippen LogP contribution in [-0.4, -0.2) is 33.6 Å². The van der Waals surface area contributed by atoms with E-state index in [9.17, 15) is 4.79 Å². The highest BCUT2D eigenvalue weighted by molar-refractivity contribution is 5.97. The smallest absolute Gasteiger partial charge is 0.274 e. The van der Waals surface area contributed by atoms with Crippen LogP contribution in [0.2, 0.25) is 0 Å². The van der Waals surface area contributed by atoms with E-state index < -0.39 is 0 Å². The number of aromatic amines is 1. The molecule has 0 bridgehead atoms. The van der Waals surface area contributed by atoms with Crippen molar-refractivity contribution >= 4 is 11.6 Å². The molecule has 15 heavy (non-hydrogen) atoms. The van der Waals surface area contributed by atoms with Crippen LogP contribution in [0.25, 0.3) is 0 Å². The van der Waals surface area contributed by atoms with Gasteiger partial charge in [-0.05, 0) is 20.3 Å². The second kappa shape index (κ2) is 4.82. The van der Waals surface area contributed by atoms with Gasteiger partial charge in [0.05, 0.1) is 11.9 Å². The van der Waals surface area contributed by atoms with Crippen LogP contribution < -0.4 is 5.73 Å². The highest BCUT2D eigenvalue weighted by Crippen LogP contribution is 2.12. The summed E-state index contributed by atoms with van der Waals surface area (Å²) in [6.45, 7) is 6.74. The Hall–Kier alpha value is -1.52. The molecule has 1 heterocycles. The Morgan fingerprint density at radius 1 is 1.67 bits per heavy atom. The van der Waals surface area contributed by atoms with E-state index in [0.717, 1.165) is 13.0 Å². The summed E-state index contributed by atoms with van der Waals surface area (Å²) in [5.41, 5.74) is 6.42. The van der Waals surface area contributed by atoms with Crippen LogP contribution in [0.1, 0.15) is 37.7 Å². The standard InChI is InChI=1S/C10H18N4O/c1-4-5-14(7(2)3)10(15)9-8(11)6-12-13-9/h6-7H,4-5,11H2,1-3H3,(H,12,13). The minimum atomic E-state index is -0.0816. The summed E-state index contributed by atoms with van der Waals surface area (Å²) in [6.07, 6.45) is 2.38. The van der Waals surface area contributed by atoms with E-state index in [-0.39, 0.29) is 11.9 Å². The molecule has 5 heteroatoms. The number of hydrogen-bond acceptors (Lipinski definition) is 3. The van der Waals surface area contributed by atoms with Gasteiger partial charge < -0.3 is 10.6 Å². The zero-order valence-electron chi connectivity index (χ0n) is 9.45. The van der Waals surface area contributed by atoms with Gasteiger partial charge in [0, 0.05) is 12.6 Å². The Bertz CT molecular complexity index is 332. The van der Waals surface area contributed by atoms with Crippen molar-refractivity contribution in [1.29, 1.82) is 0 Å². The van der Waals surface area contributed by atoms with Gasteiger partial charge in [-0.3, -0.25) is 9.89 Å². The highest BCUT2D eigenvalue weighted by Gasteiger charge is 2.21. The lowest BCUT2D eigenvalue weighted by Gasteiger charge is -2.25. The molecule has 3 N–H and O–H groups in total. The van der Waals surface area contributed by atoms with Crippen LogP contribution in [-0.2, 0) is 0 Å². The molecule has 0 saturated heterocycles. The van der Waals surface area contributed by atoms with Gasteiger partial charge in [0.2, 0.25) is 0 Å². The average molecular weight is 210 g/mol. The Kier molecular flexibility index (Phi) is 3.71. The molecule has 0 unspecified atom stereocenters. The number of nitrogens with two attached hydrogens (primary N) is 1. The van der Waals surface area contributed by atoms with Gasteiger partial charge >= 0.3 is 0 Å². The van der Waals surface area contributed by atoms with Crippen molar-refractivity contribution in [3.63, 3.8) is 0 Å². The minimum absolute atomic E-state index is 0.0816. The molecule has 1 rings (SSSR count). The molecule has 0 saturated carbocycles. The third-order valence-corrected chi connectivity index (χ3v) is 2.23. The van der Waals surface area contributed by atoms with Gasteiger partial charge in [-0.2, -0.15) is 5.10 Å². The fourth-order valence-electron chi connectivity index (χ4n) is 1.45. The van der Waals surface area contributed by atoms with Crippen LogP contribution in [0.4, 0.5) is 5.69 Å². The van der Waals surface area contributed by atoms with Gasteiger partial charge in [-0.25, -0.2) is 0 Å². The highest BCUT2D eigenvalue weighted by atomic mass is 16.2. The second-order valence-corrected chi connectivity index (χ2v) is 3.79. The normalized spacial score (nSPS) is 10.7. The number of nitrogens with zero attached hydrogens (tertiary/aromatic N) is 2. The Labute approximate surface area is 89.6 Å². The molecule has 0 aliphatic carbocycles. The summed E-state index contributed by atoms with van der Waals surface area (Å²) in [5, 5.41) is 6.38. The number of hydrogen-bond donors (Lipinski definition) is 2. The van der Waals surface area contributed by atoms with Gasteiger partial charge in [0.15, 0.2) is 0 Å². The predicted octanol–water partition coefficient (Wildman–Crippen LogP) is 1.25. The molecule has 0 aliphatic heterocycles. The van der Waals surface area contributed by atoms with Crippen molar-refractivity contribution in [3.8, 4) is 0 Å².